The number of anilines is 1. The Morgan fingerprint density at radius 2 is 1.25 bits per heavy atom. The van der Waals surface area contributed by atoms with Gasteiger partial charge in [-0.15, -0.1) is 0 Å². The highest BCUT2D eigenvalue weighted by Gasteiger charge is 2.48. The minimum atomic E-state index is -4.69. The maximum Gasteiger partial charge on any atom is 0.294 e. The molecule has 2 atom stereocenters. The quantitative estimate of drug-likeness (QED) is 0.0264. The predicted molar refractivity (Wildman–Crippen MR) is 284 cm³/mol. The smallest absolute Gasteiger partial charge is 0.294 e. The first kappa shape index (κ1) is 58.6. The van der Waals surface area contributed by atoms with Gasteiger partial charge in [0.2, 0.25) is 11.6 Å². The number of unbranched alkanes of at least 4 members (excludes halogenated alkanes) is 4. The largest absolute Gasteiger partial charge is 0.354 e. The van der Waals surface area contributed by atoms with Crippen LogP contribution >= 0.6 is 0 Å². The number of nitrogens with zero attached hydrogens (tertiary/aromatic N) is 3. The van der Waals surface area contributed by atoms with Crippen molar-refractivity contribution >= 4 is 75.3 Å². The van der Waals surface area contributed by atoms with Gasteiger partial charge in [-0.3, -0.25) is 37.5 Å². The number of carbonyl (C=O) groups excluding carboxylic acids is 3. The van der Waals surface area contributed by atoms with Crippen molar-refractivity contribution in [3.63, 3.8) is 0 Å². The van der Waals surface area contributed by atoms with Gasteiger partial charge in [0.1, 0.15) is 6.54 Å². The maximum absolute atomic E-state index is 12.7. The van der Waals surface area contributed by atoms with Gasteiger partial charge >= 0.3 is 0 Å². The molecule has 0 spiro atoms. The summed E-state index contributed by atoms with van der Waals surface area (Å²) in [5.74, 6) is -2.17. The highest BCUT2D eigenvalue weighted by molar-refractivity contribution is 7.86. The van der Waals surface area contributed by atoms with Gasteiger partial charge in [0.05, 0.1) is 26.7 Å². The summed E-state index contributed by atoms with van der Waals surface area (Å²) in [4.78, 5) is 38.9. The number of hydrogen-bond donors (Lipinski definition) is 5. The number of imide groups is 1. The van der Waals surface area contributed by atoms with E-state index in [-0.39, 0.29) is 73.7 Å². The Labute approximate surface area is 439 Å². The molecule has 19 nitrogen and oxygen atoms in total. The molecule has 6 rings (SSSR count). The molecule has 5 N–H and O–H groups in total. The summed E-state index contributed by atoms with van der Waals surface area (Å²) in [6.07, 6.45) is 25.8. The standard InChI is InChI=1S/C52H64N4O15S4/c1-51(29-10-13-35-72(60,61)62)42-37-40(74(66,67)68)23-25-44(42)54(32-12-6-9-22-48(57)53-31-34-56-49(58)27-28-50(56)59)46(51)20-15-21-47-52(2,30-11-14-36-73(63,64)65)43-38-41(75(69,70)71)24-26-45(43)55(47)33-16-19-39-17-7-4-3-5-8-18-39/h3-5,7-8,15,17-18,20-21,23-28,37-38H,6,9-14,16,19,22,29-36H2,1-2H3,(H4-,53,57,60,61,62,63,64,65,66,67,68,69,70,71)/p+1. The Morgan fingerprint density at radius 1 is 0.653 bits per heavy atom. The number of benzene rings is 2. The summed E-state index contributed by atoms with van der Waals surface area (Å²) in [7, 11) is -18.0. The molecule has 75 heavy (non-hydrogen) atoms. The fourth-order valence-corrected chi connectivity index (χ4v) is 12.3. The second kappa shape index (κ2) is 24.6. The molecule has 0 radical (unpaired) electrons. The van der Waals surface area contributed by atoms with E-state index < -0.39 is 74.6 Å². The van der Waals surface area contributed by atoms with Gasteiger partial charge < -0.3 is 10.2 Å². The fraction of sp³-hybridized carbons (Fsp3) is 0.423. The Bertz CT molecular complexity index is 3250. The lowest BCUT2D eigenvalue weighted by molar-refractivity contribution is -0.438. The van der Waals surface area contributed by atoms with Gasteiger partial charge in [-0.05, 0) is 106 Å². The van der Waals surface area contributed by atoms with E-state index in [9.17, 15) is 66.3 Å². The summed E-state index contributed by atoms with van der Waals surface area (Å²) in [6.45, 7) is 4.70. The normalized spacial score (nSPS) is 20.4. The van der Waals surface area contributed by atoms with Crippen LogP contribution in [0.15, 0.2) is 130 Å². The Balaban J connectivity index is 1.39. The lowest BCUT2D eigenvalue weighted by Gasteiger charge is -2.30. The van der Waals surface area contributed by atoms with E-state index in [2.05, 4.69) is 9.89 Å². The van der Waals surface area contributed by atoms with Crippen LogP contribution < -0.4 is 10.2 Å². The molecule has 406 valence electrons. The summed E-state index contributed by atoms with van der Waals surface area (Å²) in [5.41, 5.74) is 2.79. The summed E-state index contributed by atoms with van der Waals surface area (Å²) in [6, 6.07) is 8.63. The molecule has 0 fully saturated rings. The SMILES string of the molecule is CC1(CCCCS(=O)(=O)O)C(=CC=CC2=[N+](CCCC3=CC=CC=CC=C3)c3ccc(S(=O)(=O)O)cc3C2(C)CCCCS(=O)(=O)O)N(CCCCCC(=O)NCCN2C(=O)C=CC2=O)c2ccc(S(=O)(=O)O)cc21. The summed E-state index contributed by atoms with van der Waals surface area (Å²) in [5, 5.41) is 2.74. The molecule has 3 heterocycles. The Morgan fingerprint density at radius 3 is 1.89 bits per heavy atom. The average Bonchev–Trinajstić information content (AvgIpc) is 3.84. The van der Waals surface area contributed by atoms with Gasteiger partial charge in [0, 0.05) is 79.1 Å². The third-order valence-corrected chi connectivity index (χ3v) is 17.2. The van der Waals surface area contributed by atoms with E-state index in [1.807, 2.05) is 79.5 Å². The fourth-order valence-electron chi connectivity index (χ4n) is 10.1. The minimum absolute atomic E-state index is 0.0319. The highest BCUT2D eigenvalue weighted by Crippen LogP contribution is 2.52. The number of carbonyl (C=O) groups is 3. The average molecular weight is 1110 g/mol. The van der Waals surface area contributed by atoms with Crippen LogP contribution in [0.3, 0.4) is 0 Å². The Hall–Kier alpha value is -5.66. The Kier molecular flexibility index (Phi) is 19.2. The number of nitrogens with one attached hydrogen (secondary N) is 1. The van der Waals surface area contributed by atoms with Crippen molar-refractivity contribution in [2.75, 3.05) is 42.6 Å². The first-order chi connectivity index (χ1) is 35.2. The van der Waals surface area contributed by atoms with Crippen molar-refractivity contribution in [2.24, 2.45) is 0 Å². The van der Waals surface area contributed by atoms with E-state index in [4.69, 9.17) is 0 Å². The molecule has 2 aromatic rings. The second-order valence-corrected chi connectivity index (χ2v) is 25.3. The van der Waals surface area contributed by atoms with Crippen molar-refractivity contribution in [3.8, 4) is 0 Å². The van der Waals surface area contributed by atoms with Gasteiger partial charge in [-0.1, -0.05) is 67.9 Å². The molecule has 2 unspecified atom stereocenters. The molecule has 2 aromatic carbocycles. The van der Waals surface area contributed by atoms with Crippen LogP contribution in [-0.4, -0.2) is 122 Å². The number of hydrogen-bond acceptors (Lipinski definition) is 12. The topological polar surface area (TPSA) is 290 Å². The van der Waals surface area contributed by atoms with Crippen molar-refractivity contribution in [1.29, 1.82) is 0 Å². The lowest BCUT2D eigenvalue weighted by atomic mass is 9.75. The first-order valence-electron chi connectivity index (χ1n) is 24.7. The van der Waals surface area contributed by atoms with E-state index >= 15 is 0 Å². The van der Waals surface area contributed by atoms with Crippen molar-refractivity contribution in [2.45, 2.75) is 112 Å². The zero-order valence-corrected chi connectivity index (χ0v) is 45.1. The molecule has 0 aromatic heterocycles. The van der Waals surface area contributed by atoms with Crippen LogP contribution in [0.5, 0.6) is 0 Å². The third kappa shape index (κ3) is 15.5. The molecule has 0 saturated carbocycles. The first-order valence-corrected chi connectivity index (χ1v) is 30.8. The van der Waals surface area contributed by atoms with Crippen molar-refractivity contribution in [3.05, 3.63) is 132 Å². The van der Waals surface area contributed by atoms with Crippen LogP contribution in [0.4, 0.5) is 11.4 Å². The van der Waals surface area contributed by atoms with Crippen LogP contribution in [-0.2, 0) is 65.7 Å². The number of fused-ring (bicyclic) bond motifs is 2. The summed E-state index contributed by atoms with van der Waals surface area (Å²) < 4.78 is 139. The van der Waals surface area contributed by atoms with Gasteiger partial charge in [0.15, 0.2) is 5.71 Å². The van der Waals surface area contributed by atoms with Crippen molar-refractivity contribution < 1.29 is 70.8 Å². The number of rotatable bonds is 27. The predicted octanol–water partition coefficient (Wildman–Crippen LogP) is 6.86. The molecular formula is C52H65N4O15S4+. The van der Waals surface area contributed by atoms with Crippen molar-refractivity contribution in [1.82, 2.24) is 10.2 Å². The van der Waals surface area contributed by atoms with E-state index in [1.165, 1.54) is 36.4 Å². The second-order valence-electron chi connectivity index (χ2n) is 19.4. The molecular weight excluding hydrogens is 1050 g/mol. The zero-order valence-electron chi connectivity index (χ0n) is 41.9. The molecule has 1 aliphatic carbocycles. The third-order valence-electron chi connectivity index (χ3n) is 13.9. The zero-order chi connectivity index (χ0) is 54.8. The van der Waals surface area contributed by atoms with E-state index in [0.29, 0.717) is 79.1 Å². The minimum Gasteiger partial charge on any atom is -0.354 e. The number of allylic oxidation sites excluding steroid dienone is 12. The van der Waals surface area contributed by atoms with Gasteiger partial charge in [0.25, 0.3) is 52.3 Å². The molecule has 4 aliphatic rings. The number of amides is 3. The van der Waals surface area contributed by atoms with E-state index in [0.717, 1.165) is 10.5 Å². The van der Waals surface area contributed by atoms with Gasteiger partial charge in [-0.2, -0.15) is 38.2 Å². The molecule has 3 aliphatic heterocycles. The van der Waals surface area contributed by atoms with Crippen LogP contribution in [0.2, 0.25) is 0 Å². The monoisotopic (exact) mass is 1110 g/mol. The molecule has 0 saturated heterocycles. The maximum atomic E-state index is 12.7. The molecule has 0 bridgehead atoms. The van der Waals surface area contributed by atoms with Crippen LogP contribution in [0.1, 0.15) is 102 Å². The highest BCUT2D eigenvalue weighted by atomic mass is 32.2. The summed E-state index contributed by atoms with van der Waals surface area (Å²) >= 11 is 0. The van der Waals surface area contributed by atoms with E-state index in [1.54, 1.807) is 12.1 Å². The molecule has 23 heteroatoms. The van der Waals surface area contributed by atoms with Crippen LogP contribution in [0.25, 0.3) is 0 Å². The molecule has 3 amide bonds. The lowest BCUT2D eigenvalue weighted by Crippen LogP contribution is -2.38. The van der Waals surface area contributed by atoms with Gasteiger partial charge in [-0.25, -0.2) is 0 Å². The van der Waals surface area contributed by atoms with Crippen LogP contribution in [0, 0.1) is 0 Å².